The van der Waals surface area contributed by atoms with Crippen LogP contribution in [0.5, 0.6) is 11.5 Å². The summed E-state index contributed by atoms with van der Waals surface area (Å²) in [6.07, 6.45) is -9.67. The first-order valence-corrected chi connectivity index (χ1v) is 10.7. The third-order valence-electron chi connectivity index (χ3n) is 5.31. The maximum atomic E-state index is 14.3. The summed E-state index contributed by atoms with van der Waals surface area (Å²) < 4.78 is 87.0. The number of carboxylic acids is 1. The summed E-state index contributed by atoms with van der Waals surface area (Å²) in [6.45, 7) is 3.40. The monoisotopic (exact) mass is 496 g/mol. The molecule has 0 bridgehead atoms. The lowest BCUT2D eigenvalue weighted by molar-refractivity contribution is -0.142. The highest BCUT2D eigenvalue weighted by Gasteiger charge is 2.41. The zero-order chi connectivity index (χ0) is 26.0. The van der Waals surface area contributed by atoms with Crippen molar-refractivity contribution in [1.29, 1.82) is 0 Å². The van der Waals surface area contributed by atoms with Crippen LogP contribution in [0.25, 0.3) is 11.1 Å². The van der Waals surface area contributed by atoms with Gasteiger partial charge < -0.3 is 9.84 Å². The van der Waals surface area contributed by atoms with Crippen LogP contribution in [0.1, 0.15) is 42.9 Å². The van der Waals surface area contributed by atoms with Gasteiger partial charge in [0.25, 0.3) is 0 Å². The van der Waals surface area contributed by atoms with Crippen molar-refractivity contribution < 1.29 is 41.0 Å². The fraction of sp³-hybridized carbons (Fsp3) is 0.269. The van der Waals surface area contributed by atoms with Gasteiger partial charge in [-0.15, -0.1) is 0 Å². The van der Waals surface area contributed by atoms with Crippen molar-refractivity contribution in [2.45, 2.75) is 38.5 Å². The van der Waals surface area contributed by atoms with Crippen LogP contribution >= 0.6 is 0 Å². The summed E-state index contributed by atoms with van der Waals surface area (Å²) in [5.74, 6) is -4.07. The molecule has 3 nitrogen and oxygen atoms in total. The van der Waals surface area contributed by atoms with Gasteiger partial charge in [-0.25, -0.2) is 0 Å². The molecule has 3 aromatic carbocycles. The molecule has 0 aliphatic carbocycles. The Kier molecular flexibility index (Phi) is 7.47. The highest BCUT2D eigenvalue weighted by molar-refractivity contribution is 5.79. The number of carboxylic acid groups (broad SMARTS) is 1. The van der Waals surface area contributed by atoms with E-state index in [-0.39, 0.29) is 23.7 Å². The molecule has 0 spiro atoms. The normalized spacial score (nSPS) is 13.1. The Balaban J connectivity index is 2.24. The van der Waals surface area contributed by atoms with Crippen LogP contribution < -0.4 is 4.74 Å². The molecule has 186 valence electrons. The van der Waals surface area contributed by atoms with Gasteiger partial charge in [0.15, 0.2) is 0 Å². The summed E-state index contributed by atoms with van der Waals surface area (Å²) in [4.78, 5) is 12.0. The number of alkyl halides is 6. The second kappa shape index (κ2) is 10.0. The molecule has 0 saturated carbocycles. The number of carbonyl (C=O) groups is 1. The van der Waals surface area contributed by atoms with Crippen molar-refractivity contribution in [2.75, 3.05) is 0 Å². The molecular formula is C26H22F6O3. The summed E-state index contributed by atoms with van der Waals surface area (Å²) in [7, 11) is 0. The van der Waals surface area contributed by atoms with Gasteiger partial charge in [0, 0.05) is 0 Å². The van der Waals surface area contributed by atoms with E-state index in [9.17, 15) is 36.2 Å². The number of rotatable bonds is 7. The van der Waals surface area contributed by atoms with Crippen molar-refractivity contribution >= 4 is 5.97 Å². The number of ether oxygens (including phenoxy) is 1. The maximum Gasteiger partial charge on any atom is 0.420 e. The number of halogens is 6. The Bertz CT molecular complexity index is 1170. The zero-order valence-corrected chi connectivity index (χ0v) is 18.7. The van der Waals surface area contributed by atoms with Gasteiger partial charge >= 0.3 is 18.3 Å². The fourth-order valence-electron chi connectivity index (χ4n) is 3.76. The van der Waals surface area contributed by atoms with Crippen LogP contribution in [-0.4, -0.2) is 11.1 Å². The Labute approximate surface area is 198 Å². The zero-order valence-electron chi connectivity index (χ0n) is 18.7. The Hall–Kier alpha value is -3.49. The van der Waals surface area contributed by atoms with E-state index in [0.717, 1.165) is 18.2 Å². The molecule has 0 aliphatic rings. The van der Waals surface area contributed by atoms with Crippen LogP contribution in [0.15, 0.2) is 66.7 Å². The number of hydrogen-bond donors (Lipinski definition) is 1. The van der Waals surface area contributed by atoms with E-state index in [1.807, 2.05) is 0 Å². The maximum absolute atomic E-state index is 14.3. The van der Waals surface area contributed by atoms with E-state index in [2.05, 4.69) is 0 Å². The van der Waals surface area contributed by atoms with Crippen molar-refractivity contribution in [3.63, 3.8) is 0 Å². The Morgan fingerprint density at radius 3 is 1.94 bits per heavy atom. The van der Waals surface area contributed by atoms with Crippen molar-refractivity contribution in [2.24, 2.45) is 5.92 Å². The van der Waals surface area contributed by atoms with Crippen molar-refractivity contribution in [3.8, 4) is 22.6 Å². The van der Waals surface area contributed by atoms with Gasteiger partial charge in [0.2, 0.25) is 0 Å². The molecular weight excluding hydrogens is 474 g/mol. The van der Waals surface area contributed by atoms with Crippen LogP contribution in [0.3, 0.4) is 0 Å². The molecule has 1 atom stereocenters. The first kappa shape index (κ1) is 26.1. The molecule has 0 aliphatic heterocycles. The van der Waals surface area contributed by atoms with Gasteiger partial charge in [0.1, 0.15) is 17.1 Å². The minimum atomic E-state index is -4.99. The number of aliphatic carboxylic acids is 1. The molecule has 9 heteroatoms. The second-order valence-electron chi connectivity index (χ2n) is 8.45. The third kappa shape index (κ3) is 6.35. The third-order valence-corrected chi connectivity index (χ3v) is 5.31. The SMILES string of the molecule is CC(C)CC(C(=O)O)c1cc(-c2ccccc2)cc(Oc2ccc(C(F)(F)F)cc2)c1C(F)(F)F. The van der Waals surface area contributed by atoms with Gasteiger partial charge in [0.05, 0.1) is 11.5 Å². The fourth-order valence-corrected chi connectivity index (χ4v) is 3.76. The van der Waals surface area contributed by atoms with E-state index in [4.69, 9.17) is 4.74 Å². The van der Waals surface area contributed by atoms with E-state index in [0.29, 0.717) is 17.7 Å². The summed E-state index contributed by atoms with van der Waals surface area (Å²) in [5, 5.41) is 9.80. The molecule has 0 saturated heterocycles. The van der Waals surface area contributed by atoms with Gasteiger partial charge in [-0.1, -0.05) is 44.2 Å². The highest BCUT2D eigenvalue weighted by Crippen LogP contribution is 2.46. The van der Waals surface area contributed by atoms with Gasteiger partial charge in [-0.2, -0.15) is 26.3 Å². The second-order valence-corrected chi connectivity index (χ2v) is 8.45. The lowest BCUT2D eigenvalue weighted by Gasteiger charge is -2.24. The first-order chi connectivity index (χ1) is 16.3. The van der Waals surface area contributed by atoms with E-state index < -0.39 is 46.7 Å². The first-order valence-electron chi connectivity index (χ1n) is 10.7. The van der Waals surface area contributed by atoms with Crippen LogP contribution in [0.2, 0.25) is 0 Å². The van der Waals surface area contributed by atoms with E-state index in [1.165, 1.54) is 6.07 Å². The van der Waals surface area contributed by atoms with E-state index >= 15 is 0 Å². The molecule has 0 amide bonds. The summed E-state index contributed by atoms with van der Waals surface area (Å²) >= 11 is 0. The molecule has 3 aromatic rings. The van der Waals surface area contributed by atoms with Crippen molar-refractivity contribution in [3.05, 3.63) is 83.4 Å². The topological polar surface area (TPSA) is 46.5 Å². The Morgan fingerprint density at radius 2 is 1.46 bits per heavy atom. The standard InChI is InChI=1S/C26H22F6O3/c1-15(2)12-21(24(33)34)20-13-17(16-6-4-3-5-7-16)14-22(23(20)26(30,31)32)35-19-10-8-18(9-11-19)25(27,28)29/h3-11,13-15,21H,12H2,1-2H3,(H,33,34). The van der Waals surface area contributed by atoms with Gasteiger partial charge in [-0.3, -0.25) is 4.79 Å². The molecule has 35 heavy (non-hydrogen) atoms. The minimum Gasteiger partial charge on any atom is -0.481 e. The molecule has 3 rings (SSSR count). The molecule has 1 N–H and O–H groups in total. The molecule has 0 aromatic heterocycles. The quantitative estimate of drug-likeness (QED) is 0.334. The molecule has 1 unspecified atom stereocenters. The van der Waals surface area contributed by atoms with Crippen LogP contribution in [0.4, 0.5) is 26.3 Å². The van der Waals surface area contributed by atoms with Gasteiger partial charge in [-0.05, 0) is 65.4 Å². The molecule has 0 radical (unpaired) electrons. The predicted molar refractivity (Wildman–Crippen MR) is 118 cm³/mol. The summed E-state index contributed by atoms with van der Waals surface area (Å²) in [5.41, 5.74) is -1.92. The van der Waals surface area contributed by atoms with Crippen LogP contribution in [-0.2, 0) is 17.1 Å². The largest absolute Gasteiger partial charge is 0.481 e. The summed E-state index contributed by atoms with van der Waals surface area (Å²) in [6, 6.07) is 13.9. The lowest BCUT2D eigenvalue weighted by Crippen LogP contribution is -2.20. The number of hydrogen-bond acceptors (Lipinski definition) is 2. The van der Waals surface area contributed by atoms with E-state index in [1.54, 1.807) is 44.2 Å². The van der Waals surface area contributed by atoms with Crippen molar-refractivity contribution in [1.82, 2.24) is 0 Å². The smallest absolute Gasteiger partial charge is 0.420 e. The predicted octanol–water partition coefficient (Wildman–Crippen LogP) is 8.40. The Morgan fingerprint density at radius 1 is 0.857 bits per heavy atom. The average Bonchev–Trinajstić information content (AvgIpc) is 2.76. The number of benzene rings is 3. The highest BCUT2D eigenvalue weighted by atomic mass is 19.4. The molecule has 0 heterocycles. The van der Waals surface area contributed by atoms with Crippen LogP contribution in [0, 0.1) is 5.92 Å². The lowest BCUT2D eigenvalue weighted by atomic mass is 9.85. The average molecular weight is 496 g/mol. The molecule has 0 fully saturated rings. The minimum absolute atomic E-state index is 0.0592.